The fourth-order valence-electron chi connectivity index (χ4n) is 1.58. The van der Waals surface area contributed by atoms with Gasteiger partial charge in [0.1, 0.15) is 12.4 Å². The van der Waals surface area contributed by atoms with Crippen molar-refractivity contribution in [2.75, 3.05) is 12.4 Å². The molecule has 1 N–H and O–H groups in total. The lowest BCUT2D eigenvalue weighted by atomic mass is 10.2. The number of carbonyl (C=O) groups is 2. The first-order chi connectivity index (χ1) is 9.99. The lowest BCUT2D eigenvalue weighted by Crippen LogP contribution is -2.14. The van der Waals surface area contributed by atoms with Gasteiger partial charge in [0.2, 0.25) is 0 Å². The van der Waals surface area contributed by atoms with Gasteiger partial charge in [0.25, 0.3) is 5.91 Å². The van der Waals surface area contributed by atoms with Crippen molar-refractivity contribution in [1.82, 2.24) is 9.78 Å². The Labute approximate surface area is 128 Å². The Morgan fingerprint density at radius 1 is 1.48 bits per heavy atom. The van der Waals surface area contributed by atoms with E-state index in [1.807, 2.05) is 0 Å². The highest BCUT2D eigenvalue weighted by atomic mass is 79.9. The summed E-state index contributed by atoms with van der Waals surface area (Å²) in [7, 11) is 1.27. The van der Waals surface area contributed by atoms with Crippen molar-refractivity contribution in [2.24, 2.45) is 0 Å². The van der Waals surface area contributed by atoms with E-state index in [0.29, 0.717) is 10.2 Å². The van der Waals surface area contributed by atoms with Crippen molar-refractivity contribution in [3.05, 3.63) is 46.4 Å². The lowest BCUT2D eigenvalue weighted by molar-refractivity contribution is -0.141. The van der Waals surface area contributed by atoms with Gasteiger partial charge in [-0.15, -0.1) is 0 Å². The Bertz CT molecular complexity index is 687. The Kier molecular flexibility index (Phi) is 4.69. The highest BCUT2D eigenvalue weighted by Crippen LogP contribution is 2.17. The van der Waals surface area contributed by atoms with E-state index in [1.54, 1.807) is 0 Å². The van der Waals surface area contributed by atoms with Crippen LogP contribution in [0.15, 0.2) is 35.1 Å². The summed E-state index contributed by atoms with van der Waals surface area (Å²) < 4.78 is 20.0. The summed E-state index contributed by atoms with van der Waals surface area (Å²) in [5.74, 6) is -1.70. The molecular formula is C13H11BrFN3O3. The monoisotopic (exact) mass is 355 g/mol. The molecule has 1 aromatic heterocycles. The smallest absolute Gasteiger partial charge is 0.327 e. The first-order valence-electron chi connectivity index (χ1n) is 5.85. The molecule has 0 spiro atoms. The fraction of sp³-hybridized carbons (Fsp3) is 0.154. The molecule has 0 aliphatic heterocycles. The second-order valence-corrected chi connectivity index (χ2v) is 5.00. The molecule has 0 saturated heterocycles. The fourth-order valence-corrected chi connectivity index (χ4v) is 1.94. The highest BCUT2D eigenvalue weighted by Gasteiger charge is 2.13. The number of methoxy groups -OCH3 is 1. The number of hydrogen-bond acceptors (Lipinski definition) is 4. The quantitative estimate of drug-likeness (QED) is 0.853. The molecule has 0 bridgehead atoms. The summed E-state index contributed by atoms with van der Waals surface area (Å²) in [5, 5.41) is 6.39. The van der Waals surface area contributed by atoms with Crippen LogP contribution in [-0.2, 0) is 16.1 Å². The van der Waals surface area contributed by atoms with Crippen LogP contribution in [0.3, 0.4) is 0 Å². The maximum Gasteiger partial charge on any atom is 0.327 e. The van der Waals surface area contributed by atoms with Gasteiger partial charge in [-0.1, -0.05) is 15.9 Å². The number of amides is 1. The van der Waals surface area contributed by atoms with Gasteiger partial charge in [0.15, 0.2) is 0 Å². The second-order valence-electron chi connectivity index (χ2n) is 4.08. The topological polar surface area (TPSA) is 73.2 Å². The molecular weight excluding hydrogens is 345 g/mol. The Hall–Kier alpha value is -2.22. The lowest BCUT2D eigenvalue weighted by Gasteiger charge is -2.04. The summed E-state index contributed by atoms with van der Waals surface area (Å²) in [6, 6.07) is 4.07. The number of halogens is 2. The van der Waals surface area contributed by atoms with Gasteiger partial charge in [0, 0.05) is 10.7 Å². The van der Waals surface area contributed by atoms with E-state index < -0.39 is 17.7 Å². The molecule has 1 heterocycles. The first kappa shape index (κ1) is 15.2. The zero-order valence-electron chi connectivity index (χ0n) is 11.0. The third kappa shape index (κ3) is 3.88. The van der Waals surface area contributed by atoms with Crippen LogP contribution >= 0.6 is 15.9 Å². The molecule has 0 fully saturated rings. The molecule has 0 radical (unpaired) electrons. The van der Waals surface area contributed by atoms with Gasteiger partial charge in [-0.2, -0.15) is 5.10 Å². The minimum atomic E-state index is -0.627. The molecule has 0 aliphatic rings. The SMILES string of the molecule is COC(=O)Cn1cc(NC(=O)c2cc(Br)ccc2F)cn1. The van der Waals surface area contributed by atoms with Gasteiger partial charge in [-0.25, -0.2) is 4.39 Å². The molecule has 1 aromatic carbocycles. The average molecular weight is 356 g/mol. The van der Waals surface area contributed by atoms with Crippen LogP contribution in [0.1, 0.15) is 10.4 Å². The number of anilines is 1. The number of nitrogens with one attached hydrogen (secondary N) is 1. The zero-order chi connectivity index (χ0) is 15.4. The molecule has 8 heteroatoms. The van der Waals surface area contributed by atoms with Gasteiger partial charge in [-0.3, -0.25) is 14.3 Å². The van der Waals surface area contributed by atoms with E-state index in [0.717, 1.165) is 0 Å². The number of benzene rings is 1. The predicted molar refractivity (Wildman–Crippen MR) is 76.3 cm³/mol. The van der Waals surface area contributed by atoms with Crippen LogP contribution in [0.2, 0.25) is 0 Å². The van der Waals surface area contributed by atoms with Crippen LogP contribution in [-0.4, -0.2) is 28.8 Å². The molecule has 110 valence electrons. The normalized spacial score (nSPS) is 10.2. The van der Waals surface area contributed by atoms with E-state index in [4.69, 9.17) is 0 Å². The van der Waals surface area contributed by atoms with E-state index in [9.17, 15) is 14.0 Å². The van der Waals surface area contributed by atoms with E-state index >= 15 is 0 Å². The number of rotatable bonds is 4. The first-order valence-corrected chi connectivity index (χ1v) is 6.64. The third-order valence-electron chi connectivity index (χ3n) is 2.58. The van der Waals surface area contributed by atoms with Crippen LogP contribution in [0.5, 0.6) is 0 Å². The molecule has 21 heavy (non-hydrogen) atoms. The number of nitrogens with zero attached hydrogens (tertiary/aromatic N) is 2. The number of esters is 1. The van der Waals surface area contributed by atoms with E-state index in [2.05, 4.69) is 31.1 Å². The minimum absolute atomic E-state index is 0.0718. The molecule has 0 atom stereocenters. The van der Waals surface area contributed by atoms with Gasteiger partial charge < -0.3 is 10.1 Å². The van der Waals surface area contributed by atoms with E-state index in [-0.39, 0.29) is 12.1 Å². The molecule has 0 unspecified atom stereocenters. The van der Waals surface area contributed by atoms with Crippen LogP contribution < -0.4 is 5.32 Å². The largest absolute Gasteiger partial charge is 0.468 e. The second kappa shape index (κ2) is 6.49. The van der Waals surface area contributed by atoms with Gasteiger partial charge >= 0.3 is 5.97 Å². The molecule has 2 aromatic rings. The number of carbonyl (C=O) groups excluding carboxylic acids is 2. The molecule has 6 nitrogen and oxygen atoms in total. The summed E-state index contributed by atoms with van der Waals surface area (Å²) in [4.78, 5) is 23.1. The molecule has 0 aliphatic carbocycles. The number of hydrogen-bond donors (Lipinski definition) is 1. The highest BCUT2D eigenvalue weighted by molar-refractivity contribution is 9.10. The van der Waals surface area contributed by atoms with Crippen molar-refractivity contribution >= 4 is 33.5 Å². The average Bonchev–Trinajstić information content (AvgIpc) is 2.88. The van der Waals surface area contributed by atoms with Crippen molar-refractivity contribution in [1.29, 1.82) is 0 Å². The summed E-state index contributed by atoms with van der Waals surface area (Å²) >= 11 is 3.17. The predicted octanol–water partition coefficient (Wildman–Crippen LogP) is 2.21. The van der Waals surface area contributed by atoms with Crippen molar-refractivity contribution in [2.45, 2.75) is 6.54 Å². The zero-order valence-corrected chi connectivity index (χ0v) is 12.6. The summed E-state index contributed by atoms with van der Waals surface area (Å²) in [5.41, 5.74) is 0.258. The molecule has 1 amide bonds. The Balaban J connectivity index is 2.09. The minimum Gasteiger partial charge on any atom is -0.468 e. The molecule has 0 saturated carbocycles. The molecule has 2 rings (SSSR count). The maximum atomic E-state index is 13.6. The van der Waals surface area contributed by atoms with Crippen LogP contribution in [0.25, 0.3) is 0 Å². The number of ether oxygens (including phenoxy) is 1. The standard InChI is InChI=1S/C13H11BrFN3O3/c1-21-12(19)7-18-6-9(5-16-18)17-13(20)10-4-8(14)2-3-11(10)15/h2-6H,7H2,1H3,(H,17,20). The maximum absolute atomic E-state index is 13.6. The van der Waals surface area contributed by atoms with Crippen molar-refractivity contribution < 1.29 is 18.7 Å². The third-order valence-corrected chi connectivity index (χ3v) is 3.08. The Morgan fingerprint density at radius 2 is 2.24 bits per heavy atom. The van der Waals surface area contributed by atoms with Crippen molar-refractivity contribution in [3.8, 4) is 0 Å². The summed E-state index contributed by atoms with van der Waals surface area (Å²) in [6.45, 7) is -0.0718. The van der Waals surface area contributed by atoms with Crippen molar-refractivity contribution in [3.63, 3.8) is 0 Å². The number of aromatic nitrogens is 2. The van der Waals surface area contributed by atoms with Gasteiger partial charge in [0.05, 0.1) is 24.6 Å². The van der Waals surface area contributed by atoms with Crippen LogP contribution in [0.4, 0.5) is 10.1 Å². The Morgan fingerprint density at radius 3 is 2.95 bits per heavy atom. The van der Waals surface area contributed by atoms with E-state index in [1.165, 1.54) is 42.4 Å². The van der Waals surface area contributed by atoms with Gasteiger partial charge in [-0.05, 0) is 18.2 Å². The van der Waals surface area contributed by atoms with Crippen LogP contribution in [0, 0.1) is 5.82 Å². The summed E-state index contributed by atoms with van der Waals surface area (Å²) in [6.07, 6.45) is 2.81.